The van der Waals surface area contributed by atoms with Crippen molar-refractivity contribution in [3.8, 4) is 0 Å². The number of ether oxygens (including phenoxy) is 1. The molecule has 1 aliphatic rings. The first kappa shape index (κ1) is 19.7. The Morgan fingerprint density at radius 3 is 2.48 bits per heavy atom. The molecule has 144 valence electrons. The minimum absolute atomic E-state index is 0.165. The average Bonchev–Trinajstić information content (AvgIpc) is 2.73. The summed E-state index contributed by atoms with van der Waals surface area (Å²) in [5.74, 6) is 0.782. The van der Waals surface area contributed by atoms with Crippen LogP contribution in [0.1, 0.15) is 17.2 Å². The molecular formula is C21H27ClN4O. The van der Waals surface area contributed by atoms with Crippen LogP contribution in [0.5, 0.6) is 0 Å². The Morgan fingerprint density at radius 1 is 1.07 bits per heavy atom. The Morgan fingerprint density at radius 2 is 1.78 bits per heavy atom. The fourth-order valence-corrected chi connectivity index (χ4v) is 3.53. The van der Waals surface area contributed by atoms with Crippen molar-refractivity contribution in [2.45, 2.75) is 12.6 Å². The molecule has 0 spiro atoms. The van der Waals surface area contributed by atoms with Crippen LogP contribution >= 0.6 is 11.6 Å². The molecule has 1 unspecified atom stereocenters. The molecule has 3 rings (SSSR count). The van der Waals surface area contributed by atoms with E-state index in [1.165, 1.54) is 5.56 Å². The maximum atomic E-state index is 6.50. The average molecular weight is 387 g/mol. The molecule has 2 aromatic carbocycles. The van der Waals surface area contributed by atoms with Gasteiger partial charge in [-0.05, 0) is 17.2 Å². The predicted octanol–water partition coefficient (Wildman–Crippen LogP) is 3.08. The van der Waals surface area contributed by atoms with E-state index in [-0.39, 0.29) is 6.04 Å². The van der Waals surface area contributed by atoms with E-state index in [9.17, 15) is 0 Å². The molecule has 6 heteroatoms. The van der Waals surface area contributed by atoms with Gasteiger partial charge in [0, 0.05) is 38.2 Å². The zero-order valence-corrected chi connectivity index (χ0v) is 16.5. The maximum Gasteiger partial charge on any atom is 0.191 e. The number of benzene rings is 2. The number of halogens is 1. The van der Waals surface area contributed by atoms with E-state index in [0.29, 0.717) is 0 Å². The van der Waals surface area contributed by atoms with Gasteiger partial charge in [0.1, 0.15) is 0 Å². The van der Waals surface area contributed by atoms with Gasteiger partial charge in [-0.1, -0.05) is 60.1 Å². The molecule has 2 aromatic rings. The normalized spacial score (nSPS) is 16.7. The first-order valence-electron chi connectivity index (χ1n) is 9.32. The standard InChI is InChI=1S/C21H27ClN4O/c1-23-21(24-15-17-7-3-2-4-8-17)25-16-20(26-11-13-27-14-12-26)18-9-5-6-10-19(18)22/h2-10,20H,11-16H2,1H3,(H2,23,24,25). The van der Waals surface area contributed by atoms with Gasteiger partial charge in [0.2, 0.25) is 0 Å². The zero-order chi connectivity index (χ0) is 18.9. The van der Waals surface area contributed by atoms with Gasteiger partial charge in [-0.15, -0.1) is 0 Å². The van der Waals surface area contributed by atoms with Gasteiger partial charge in [-0.2, -0.15) is 0 Å². The quantitative estimate of drug-likeness (QED) is 0.591. The van der Waals surface area contributed by atoms with Gasteiger partial charge in [-0.25, -0.2) is 0 Å². The summed E-state index contributed by atoms with van der Waals surface area (Å²) in [6, 6.07) is 18.5. The van der Waals surface area contributed by atoms with E-state index in [2.05, 4.69) is 38.7 Å². The number of aliphatic imine (C=N–C) groups is 1. The smallest absolute Gasteiger partial charge is 0.191 e. The lowest BCUT2D eigenvalue weighted by molar-refractivity contribution is 0.0170. The lowest BCUT2D eigenvalue weighted by atomic mass is 10.0. The van der Waals surface area contributed by atoms with Crippen LogP contribution in [0.15, 0.2) is 59.6 Å². The summed E-state index contributed by atoms with van der Waals surface area (Å²) >= 11 is 6.50. The zero-order valence-electron chi connectivity index (χ0n) is 15.7. The van der Waals surface area contributed by atoms with E-state index >= 15 is 0 Å². The minimum atomic E-state index is 0.165. The van der Waals surface area contributed by atoms with Crippen molar-refractivity contribution in [3.63, 3.8) is 0 Å². The fraction of sp³-hybridized carbons (Fsp3) is 0.381. The van der Waals surface area contributed by atoms with Crippen molar-refractivity contribution >= 4 is 17.6 Å². The summed E-state index contributed by atoms with van der Waals surface area (Å²) in [5.41, 5.74) is 2.35. The van der Waals surface area contributed by atoms with E-state index in [0.717, 1.165) is 55.9 Å². The van der Waals surface area contributed by atoms with Gasteiger partial charge in [0.05, 0.1) is 19.3 Å². The van der Waals surface area contributed by atoms with Crippen LogP contribution in [-0.2, 0) is 11.3 Å². The lowest BCUT2D eigenvalue weighted by Gasteiger charge is -2.35. The Labute approximate surface area is 166 Å². The molecule has 1 fully saturated rings. The number of rotatable bonds is 6. The van der Waals surface area contributed by atoms with Gasteiger partial charge >= 0.3 is 0 Å². The van der Waals surface area contributed by atoms with Crippen LogP contribution in [0.3, 0.4) is 0 Å². The summed E-state index contributed by atoms with van der Waals surface area (Å²) in [6.45, 7) is 4.75. The first-order valence-corrected chi connectivity index (χ1v) is 9.70. The van der Waals surface area contributed by atoms with Gasteiger partial charge < -0.3 is 15.4 Å². The van der Waals surface area contributed by atoms with Crippen LogP contribution in [0, 0.1) is 0 Å². The highest BCUT2D eigenvalue weighted by atomic mass is 35.5. The second-order valence-corrected chi connectivity index (χ2v) is 6.89. The Kier molecular flexibility index (Phi) is 7.51. The van der Waals surface area contributed by atoms with Crippen LogP contribution < -0.4 is 10.6 Å². The highest BCUT2D eigenvalue weighted by molar-refractivity contribution is 6.31. The van der Waals surface area contributed by atoms with Crippen molar-refractivity contribution in [3.05, 3.63) is 70.7 Å². The van der Waals surface area contributed by atoms with Gasteiger partial charge in [0.25, 0.3) is 0 Å². The molecule has 1 saturated heterocycles. The summed E-state index contributed by atoms with van der Waals surface area (Å²) in [7, 11) is 1.79. The molecule has 2 N–H and O–H groups in total. The second-order valence-electron chi connectivity index (χ2n) is 6.48. The molecule has 1 aliphatic heterocycles. The van der Waals surface area contributed by atoms with E-state index in [4.69, 9.17) is 16.3 Å². The highest BCUT2D eigenvalue weighted by Crippen LogP contribution is 2.27. The third-order valence-corrected chi connectivity index (χ3v) is 5.08. The SMILES string of the molecule is CN=C(NCc1ccccc1)NCC(c1ccccc1Cl)N1CCOCC1. The largest absolute Gasteiger partial charge is 0.379 e. The molecule has 27 heavy (non-hydrogen) atoms. The molecule has 5 nitrogen and oxygen atoms in total. The number of hydrogen-bond acceptors (Lipinski definition) is 3. The Hall–Kier alpha value is -2.08. The first-order chi connectivity index (χ1) is 13.3. The van der Waals surface area contributed by atoms with Crippen LogP contribution in [0.25, 0.3) is 0 Å². The van der Waals surface area contributed by atoms with E-state index < -0.39 is 0 Å². The number of nitrogens with one attached hydrogen (secondary N) is 2. The van der Waals surface area contributed by atoms with Crippen molar-refractivity contribution < 1.29 is 4.74 Å². The third-order valence-electron chi connectivity index (χ3n) is 4.74. The molecule has 0 aliphatic carbocycles. The summed E-state index contributed by atoms with van der Waals surface area (Å²) < 4.78 is 5.52. The van der Waals surface area contributed by atoms with Crippen LogP contribution in [0.2, 0.25) is 5.02 Å². The topological polar surface area (TPSA) is 48.9 Å². The molecular weight excluding hydrogens is 360 g/mol. The lowest BCUT2D eigenvalue weighted by Crippen LogP contribution is -2.46. The third kappa shape index (κ3) is 5.70. The number of nitrogens with zero attached hydrogens (tertiary/aromatic N) is 2. The summed E-state index contributed by atoms with van der Waals surface area (Å²) in [5, 5.41) is 7.63. The highest BCUT2D eigenvalue weighted by Gasteiger charge is 2.24. The van der Waals surface area contributed by atoms with Crippen molar-refractivity contribution in [2.24, 2.45) is 4.99 Å². The fourth-order valence-electron chi connectivity index (χ4n) is 3.27. The second kappa shape index (κ2) is 10.3. The van der Waals surface area contributed by atoms with Gasteiger partial charge in [-0.3, -0.25) is 9.89 Å². The molecule has 0 bridgehead atoms. The monoisotopic (exact) mass is 386 g/mol. The molecule has 1 heterocycles. The summed E-state index contributed by atoms with van der Waals surface area (Å²) in [4.78, 5) is 6.77. The predicted molar refractivity (Wildman–Crippen MR) is 111 cm³/mol. The maximum absolute atomic E-state index is 6.50. The number of hydrogen-bond donors (Lipinski definition) is 2. The molecule has 1 atom stereocenters. The number of morpholine rings is 1. The number of guanidine groups is 1. The van der Waals surface area contributed by atoms with Crippen molar-refractivity contribution in [2.75, 3.05) is 39.9 Å². The van der Waals surface area contributed by atoms with Crippen molar-refractivity contribution in [1.82, 2.24) is 15.5 Å². The molecule has 0 radical (unpaired) electrons. The van der Waals surface area contributed by atoms with E-state index in [1.807, 2.05) is 36.4 Å². The molecule has 0 saturated carbocycles. The van der Waals surface area contributed by atoms with Crippen LogP contribution in [0.4, 0.5) is 0 Å². The minimum Gasteiger partial charge on any atom is -0.379 e. The van der Waals surface area contributed by atoms with Gasteiger partial charge in [0.15, 0.2) is 5.96 Å². The molecule has 0 amide bonds. The Balaban J connectivity index is 1.65. The Bertz CT molecular complexity index is 732. The van der Waals surface area contributed by atoms with Crippen LogP contribution in [-0.4, -0.2) is 50.8 Å². The molecule has 0 aromatic heterocycles. The van der Waals surface area contributed by atoms with Crippen molar-refractivity contribution in [1.29, 1.82) is 0 Å². The van der Waals surface area contributed by atoms with E-state index in [1.54, 1.807) is 7.05 Å². The summed E-state index contributed by atoms with van der Waals surface area (Å²) in [6.07, 6.45) is 0.